The van der Waals surface area contributed by atoms with Gasteiger partial charge in [-0.2, -0.15) is 0 Å². The average molecular weight is 236 g/mol. The second-order valence-corrected chi connectivity index (χ2v) is 3.90. The Balaban J connectivity index is 2.65. The minimum atomic E-state index is 0.0162. The molecule has 0 bridgehead atoms. The van der Waals surface area contributed by atoms with Crippen molar-refractivity contribution in [3.63, 3.8) is 0 Å². The van der Waals surface area contributed by atoms with E-state index < -0.39 is 0 Å². The molecule has 1 heterocycles. The third-order valence-corrected chi connectivity index (χ3v) is 2.61. The first-order chi connectivity index (χ1) is 8.19. The lowest BCUT2D eigenvalue weighted by Crippen LogP contribution is -2.39. The first-order valence-electron chi connectivity index (χ1n) is 5.76. The van der Waals surface area contributed by atoms with E-state index in [4.69, 9.17) is 5.73 Å². The summed E-state index contributed by atoms with van der Waals surface area (Å²) in [6.45, 7) is 3.37. The van der Waals surface area contributed by atoms with Crippen LogP contribution in [0.2, 0.25) is 0 Å². The molecule has 1 rings (SSSR count). The Morgan fingerprint density at radius 2 is 2.18 bits per heavy atom. The largest absolute Gasteiger partial charge is 0.355 e. The summed E-state index contributed by atoms with van der Waals surface area (Å²) in [5, 5.41) is 2.77. The van der Waals surface area contributed by atoms with Gasteiger partial charge in [0.1, 0.15) is 0 Å². The third-order valence-electron chi connectivity index (χ3n) is 2.61. The highest BCUT2D eigenvalue weighted by Crippen LogP contribution is 2.16. The van der Waals surface area contributed by atoms with Gasteiger partial charge in [-0.15, -0.1) is 0 Å². The topological polar surface area (TPSA) is 71.2 Å². The number of nitrogens with zero attached hydrogens (tertiary/aromatic N) is 2. The molecule has 94 valence electrons. The van der Waals surface area contributed by atoms with Crippen LogP contribution in [-0.4, -0.2) is 42.5 Å². The van der Waals surface area contributed by atoms with Crippen LogP contribution in [0.4, 0.5) is 0 Å². The normalized spacial score (nSPS) is 12.5. The van der Waals surface area contributed by atoms with E-state index in [-0.39, 0.29) is 11.9 Å². The van der Waals surface area contributed by atoms with E-state index in [9.17, 15) is 4.79 Å². The maximum atomic E-state index is 11.5. The predicted octanol–water partition coefficient (Wildman–Crippen LogP) is 0.149. The molecule has 1 unspecified atom stereocenters. The Hall–Kier alpha value is -1.46. The number of carbonyl (C=O) groups is 1. The first-order valence-corrected chi connectivity index (χ1v) is 5.76. The molecule has 0 aromatic carbocycles. The molecule has 0 aliphatic rings. The van der Waals surface area contributed by atoms with Crippen LogP contribution in [0.1, 0.15) is 18.5 Å². The molecule has 5 nitrogen and oxygen atoms in total. The molecule has 5 heteroatoms. The van der Waals surface area contributed by atoms with Gasteiger partial charge in [-0.1, -0.05) is 0 Å². The van der Waals surface area contributed by atoms with E-state index in [1.165, 1.54) is 0 Å². The Morgan fingerprint density at radius 3 is 2.71 bits per heavy atom. The van der Waals surface area contributed by atoms with Crippen LogP contribution in [0.5, 0.6) is 0 Å². The average Bonchev–Trinajstić information content (AvgIpc) is 2.31. The van der Waals surface area contributed by atoms with E-state index in [0.717, 1.165) is 5.56 Å². The van der Waals surface area contributed by atoms with Gasteiger partial charge < -0.3 is 11.1 Å². The van der Waals surface area contributed by atoms with Gasteiger partial charge in [-0.3, -0.25) is 14.7 Å². The molecule has 1 amide bonds. The minimum absolute atomic E-state index is 0.0162. The minimum Gasteiger partial charge on any atom is -0.355 e. The molecule has 3 N–H and O–H groups in total. The monoisotopic (exact) mass is 236 g/mol. The number of nitrogens with two attached hydrogens (primary N) is 1. The number of hydrogen-bond donors (Lipinski definition) is 2. The van der Waals surface area contributed by atoms with Crippen LogP contribution >= 0.6 is 0 Å². The Labute approximate surface area is 102 Å². The third kappa shape index (κ3) is 4.13. The molecular formula is C12H20N4O. The van der Waals surface area contributed by atoms with Gasteiger partial charge >= 0.3 is 0 Å². The van der Waals surface area contributed by atoms with Crippen LogP contribution in [0.15, 0.2) is 24.5 Å². The Morgan fingerprint density at radius 1 is 1.53 bits per heavy atom. The Bertz CT molecular complexity index is 342. The van der Waals surface area contributed by atoms with Crippen molar-refractivity contribution in [2.45, 2.75) is 13.0 Å². The molecule has 0 spiro atoms. The lowest BCUT2D eigenvalue weighted by molar-refractivity contribution is -0.122. The number of carbonyl (C=O) groups excluding carboxylic acids is 1. The Kier molecular flexibility index (Phi) is 5.59. The second kappa shape index (κ2) is 6.98. The summed E-state index contributed by atoms with van der Waals surface area (Å²) >= 11 is 0. The van der Waals surface area contributed by atoms with Crippen LogP contribution in [-0.2, 0) is 4.79 Å². The van der Waals surface area contributed by atoms with Crippen molar-refractivity contribution >= 4 is 5.91 Å². The van der Waals surface area contributed by atoms with Gasteiger partial charge in [0, 0.05) is 31.5 Å². The molecule has 0 aliphatic carbocycles. The van der Waals surface area contributed by atoms with Crippen molar-refractivity contribution in [3.8, 4) is 0 Å². The van der Waals surface area contributed by atoms with Gasteiger partial charge in [-0.25, -0.2) is 0 Å². The number of hydrogen-bond acceptors (Lipinski definition) is 4. The zero-order valence-corrected chi connectivity index (χ0v) is 10.4. The van der Waals surface area contributed by atoms with Crippen molar-refractivity contribution in [2.24, 2.45) is 5.73 Å². The number of nitrogens with one attached hydrogen (secondary N) is 1. The molecule has 1 aromatic rings. The fraction of sp³-hybridized carbons (Fsp3) is 0.500. The van der Waals surface area contributed by atoms with Gasteiger partial charge in [0.25, 0.3) is 0 Å². The van der Waals surface area contributed by atoms with Gasteiger partial charge in [-0.05, 0) is 31.7 Å². The summed E-state index contributed by atoms with van der Waals surface area (Å²) in [7, 11) is 1.90. The molecule has 0 radical (unpaired) electrons. The van der Waals surface area contributed by atoms with E-state index in [1.54, 1.807) is 12.4 Å². The molecule has 0 saturated carbocycles. The zero-order valence-electron chi connectivity index (χ0n) is 10.4. The van der Waals surface area contributed by atoms with Gasteiger partial charge in [0.2, 0.25) is 5.91 Å². The van der Waals surface area contributed by atoms with Crippen molar-refractivity contribution < 1.29 is 4.79 Å². The SMILES string of the molecule is CCNC(=O)CN(C)C(CN)c1ccncc1. The second-order valence-electron chi connectivity index (χ2n) is 3.90. The maximum absolute atomic E-state index is 11.5. The molecule has 0 fully saturated rings. The molecule has 1 atom stereocenters. The molecule has 0 aliphatic heterocycles. The van der Waals surface area contributed by atoms with Crippen LogP contribution < -0.4 is 11.1 Å². The molecular weight excluding hydrogens is 216 g/mol. The van der Waals surface area contributed by atoms with Crippen molar-refractivity contribution in [3.05, 3.63) is 30.1 Å². The summed E-state index contributed by atoms with van der Waals surface area (Å²) in [4.78, 5) is 17.4. The lowest BCUT2D eigenvalue weighted by atomic mass is 10.1. The highest BCUT2D eigenvalue weighted by atomic mass is 16.2. The maximum Gasteiger partial charge on any atom is 0.234 e. The summed E-state index contributed by atoms with van der Waals surface area (Å²) < 4.78 is 0. The number of aromatic nitrogens is 1. The first kappa shape index (κ1) is 13.6. The summed E-state index contributed by atoms with van der Waals surface area (Å²) in [6.07, 6.45) is 3.47. The summed E-state index contributed by atoms with van der Waals surface area (Å²) in [5.41, 5.74) is 6.84. The fourth-order valence-electron chi connectivity index (χ4n) is 1.75. The van der Waals surface area contributed by atoms with Gasteiger partial charge in [0.15, 0.2) is 0 Å². The van der Waals surface area contributed by atoms with Crippen molar-refractivity contribution in [1.82, 2.24) is 15.2 Å². The van der Waals surface area contributed by atoms with E-state index in [0.29, 0.717) is 19.6 Å². The summed E-state index contributed by atoms with van der Waals surface area (Å²) in [5.74, 6) is 0.0162. The number of likely N-dealkylation sites (N-methyl/N-ethyl adjacent to an activating group) is 2. The van der Waals surface area contributed by atoms with E-state index in [1.807, 2.05) is 31.0 Å². The van der Waals surface area contributed by atoms with Crippen molar-refractivity contribution in [1.29, 1.82) is 0 Å². The highest BCUT2D eigenvalue weighted by molar-refractivity contribution is 5.77. The summed E-state index contributed by atoms with van der Waals surface area (Å²) in [6, 6.07) is 3.89. The standard InChI is InChI=1S/C12H20N4O/c1-3-15-12(17)9-16(2)11(8-13)10-4-6-14-7-5-10/h4-7,11H,3,8-9,13H2,1-2H3,(H,15,17). The van der Waals surface area contributed by atoms with Crippen molar-refractivity contribution in [2.75, 3.05) is 26.7 Å². The predicted molar refractivity (Wildman–Crippen MR) is 67.3 cm³/mol. The molecule has 17 heavy (non-hydrogen) atoms. The number of pyridine rings is 1. The fourth-order valence-corrected chi connectivity index (χ4v) is 1.75. The smallest absolute Gasteiger partial charge is 0.234 e. The van der Waals surface area contributed by atoms with Gasteiger partial charge in [0.05, 0.1) is 6.54 Å². The zero-order chi connectivity index (χ0) is 12.7. The van der Waals surface area contributed by atoms with Crippen LogP contribution in [0.3, 0.4) is 0 Å². The van der Waals surface area contributed by atoms with Crippen LogP contribution in [0.25, 0.3) is 0 Å². The quantitative estimate of drug-likeness (QED) is 0.737. The molecule has 0 saturated heterocycles. The molecule has 1 aromatic heterocycles. The number of rotatable bonds is 6. The number of amides is 1. The lowest BCUT2D eigenvalue weighted by Gasteiger charge is -2.26. The van der Waals surface area contributed by atoms with Crippen LogP contribution in [0, 0.1) is 0 Å². The van der Waals surface area contributed by atoms with E-state index >= 15 is 0 Å². The highest BCUT2D eigenvalue weighted by Gasteiger charge is 2.17. The van der Waals surface area contributed by atoms with E-state index in [2.05, 4.69) is 10.3 Å².